The van der Waals surface area contributed by atoms with Crippen molar-refractivity contribution in [3.8, 4) is 0 Å². The van der Waals surface area contributed by atoms with E-state index in [-0.39, 0.29) is 18.2 Å². The van der Waals surface area contributed by atoms with Gasteiger partial charge in [-0.3, -0.25) is 9.59 Å². The van der Waals surface area contributed by atoms with Crippen molar-refractivity contribution in [1.29, 1.82) is 0 Å². The highest BCUT2D eigenvalue weighted by Gasteiger charge is 2.30. The van der Waals surface area contributed by atoms with Gasteiger partial charge in [0.2, 0.25) is 11.8 Å². The summed E-state index contributed by atoms with van der Waals surface area (Å²) in [5.74, 6) is -0.293. The second kappa shape index (κ2) is 11.3. The number of carbonyl (C=O) groups is 2. The Morgan fingerprint density at radius 3 is 2.06 bits per heavy atom. The van der Waals surface area contributed by atoms with Gasteiger partial charge in [-0.1, -0.05) is 90.5 Å². The molecule has 0 saturated carbocycles. The second-order valence-corrected chi connectivity index (χ2v) is 7.78. The van der Waals surface area contributed by atoms with E-state index in [1.165, 1.54) is 0 Å². The van der Waals surface area contributed by atoms with Crippen LogP contribution in [0.4, 0.5) is 0 Å². The number of halogens is 1. The van der Waals surface area contributed by atoms with Gasteiger partial charge in [0.05, 0.1) is 6.42 Å². The first kappa shape index (κ1) is 22.6. The summed E-state index contributed by atoms with van der Waals surface area (Å²) in [4.78, 5) is 28.2. The second-order valence-electron chi connectivity index (χ2n) is 7.38. The minimum atomic E-state index is -0.627. The largest absolute Gasteiger partial charge is 0.355 e. The molecule has 3 aromatic rings. The van der Waals surface area contributed by atoms with Gasteiger partial charge in [0.15, 0.2) is 0 Å². The SMILES string of the molecule is CCNC(=O)[C@@H](Cc1ccccc1)N(Cc1ccccc1)C(=O)Cc1ccccc1Cl. The standard InChI is InChI=1S/C26H27ClN2O2/c1-2-28-26(31)24(17-20-11-5-3-6-12-20)29(19-21-13-7-4-8-14-21)25(30)18-22-15-9-10-16-23(22)27/h3-16,24H,2,17-19H2,1H3,(H,28,31)/t24-/m1/s1. The fourth-order valence-electron chi connectivity index (χ4n) is 3.53. The molecule has 1 atom stereocenters. The van der Waals surface area contributed by atoms with Crippen LogP contribution in [0.1, 0.15) is 23.6 Å². The normalized spacial score (nSPS) is 11.5. The number of amides is 2. The van der Waals surface area contributed by atoms with E-state index in [1.54, 1.807) is 11.0 Å². The fourth-order valence-corrected chi connectivity index (χ4v) is 3.73. The Kier molecular flexibility index (Phi) is 8.25. The van der Waals surface area contributed by atoms with Crippen molar-refractivity contribution < 1.29 is 9.59 Å². The molecule has 31 heavy (non-hydrogen) atoms. The van der Waals surface area contributed by atoms with E-state index in [2.05, 4.69) is 5.32 Å². The van der Waals surface area contributed by atoms with E-state index in [0.29, 0.717) is 24.5 Å². The highest BCUT2D eigenvalue weighted by Crippen LogP contribution is 2.20. The predicted octanol–water partition coefficient (Wildman–Crippen LogP) is 4.66. The van der Waals surface area contributed by atoms with Crippen LogP contribution in [0.5, 0.6) is 0 Å². The van der Waals surface area contributed by atoms with Crippen molar-refractivity contribution in [2.24, 2.45) is 0 Å². The van der Waals surface area contributed by atoms with Crippen LogP contribution in [-0.4, -0.2) is 29.3 Å². The molecule has 5 heteroatoms. The summed E-state index contributed by atoms with van der Waals surface area (Å²) in [6.07, 6.45) is 0.574. The van der Waals surface area contributed by atoms with Gasteiger partial charge in [-0.15, -0.1) is 0 Å². The number of hydrogen-bond acceptors (Lipinski definition) is 2. The van der Waals surface area contributed by atoms with Gasteiger partial charge in [0.1, 0.15) is 6.04 Å². The van der Waals surface area contributed by atoms with Gasteiger partial charge in [-0.05, 0) is 29.7 Å². The lowest BCUT2D eigenvalue weighted by atomic mass is 10.0. The molecule has 0 bridgehead atoms. The molecular formula is C26H27ClN2O2. The lowest BCUT2D eigenvalue weighted by Gasteiger charge is -2.31. The van der Waals surface area contributed by atoms with Crippen LogP contribution >= 0.6 is 11.6 Å². The molecular weight excluding hydrogens is 408 g/mol. The Bertz CT molecular complexity index is 993. The van der Waals surface area contributed by atoms with Gasteiger partial charge in [-0.25, -0.2) is 0 Å². The molecule has 0 spiro atoms. The quantitative estimate of drug-likeness (QED) is 0.532. The van der Waals surface area contributed by atoms with Crippen molar-refractivity contribution in [2.75, 3.05) is 6.54 Å². The van der Waals surface area contributed by atoms with Gasteiger partial charge in [0, 0.05) is 24.5 Å². The minimum Gasteiger partial charge on any atom is -0.355 e. The molecule has 0 unspecified atom stereocenters. The van der Waals surface area contributed by atoms with Crippen LogP contribution in [0.2, 0.25) is 5.02 Å². The van der Waals surface area contributed by atoms with Crippen LogP contribution in [0.3, 0.4) is 0 Å². The molecule has 0 radical (unpaired) electrons. The molecule has 0 aromatic heterocycles. The van der Waals surface area contributed by atoms with Gasteiger partial charge < -0.3 is 10.2 Å². The number of nitrogens with one attached hydrogen (secondary N) is 1. The molecule has 0 fully saturated rings. The number of nitrogens with zero attached hydrogens (tertiary/aromatic N) is 1. The molecule has 3 rings (SSSR count). The first-order chi connectivity index (χ1) is 15.1. The molecule has 0 aliphatic rings. The van der Waals surface area contributed by atoms with Crippen molar-refractivity contribution >= 4 is 23.4 Å². The zero-order chi connectivity index (χ0) is 22.1. The van der Waals surface area contributed by atoms with Crippen molar-refractivity contribution in [1.82, 2.24) is 10.2 Å². The van der Waals surface area contributed by atoms with Crippen LogP contribution in [0.25, 0.3) is 0 Å². The Morgan fingerprint density at radius 2 is 1.45 bits per heavy atom. The average molecular weight is 435 g/mol. The number of benzene rings is 3. The van der Waals surface area contributed by atoms with E-state index in [1.807, 2.05) is 85.8 Å². The summed E-state index contributed by atoms with van der Waals surface area (Å²) in [7, 11) is 0. The molecule has 4 nitrogen and oxygen atoms in total. The number of hydrogen-bond donors (Lipinski definition) is 1. The first-order valence-corrected chi connectivity index (χ1v) is 10.8. The first-order valence-electron chi connectivity index (χ1n) is 10.5. The molecule has 0 saturated heterocycles. The molecule has 3 aromatic carbocycles. The molecule has 2 amide bonds. The molecule has 0 aliphatic carbocycles. The third-order valence-corrected chi connectivity index (χ3v) is 5.49. The Labute approximate surface area is 188 Å². The zero-order valence-electron chi connectivity index (χ0n) is 17.6. The molecule has 0 aliphatic heterocycles. The van der Waals surface area contributed by atoms with Crippen molar-refractivity contribution in [3.63, 3.8) is 0 Å². The van der Waals surface area contributed by atoms with E-state index in [0.717, 1.165) is 16.7 Å². The van der Waals surface area contributed by atoms with E-state index >= 15 is 0 Å². The van der Waals surface area contributed by atoms with Gasteiger partial charge in [-0.2, -0.15) is 0 Å². The predicted molar refractivity (Wildman–Crippen MR) is 125 cm³/mol. The number of likely N-dealkylation sites (N-methyl/N-ethyl adjacent to an activating group) is 1. The molecule has 1 N–H and O–H groups in total. The summed E-state index contributed by atoms with van der Waals surface area (Å²) in [5, 5.41) is 3.45. The highest BCUT2D eigenvalue weighted by molar-refractivity contribution is 6.31. The summed E-state index contributed by atoms with van der Waals surface area (Å²) in [6, 6.07) is 26.2. The average Bonchev–Trinajstić information content (AvgIpc) is 2.79. The molecule has 0 heterocycles. The Balaban J connectivity index is 1.94. The fraction of sp³-hybridized carbons (Fsp3) is 0.231. The lowest BCUT2D eigenvalue weighted by Crippen LogP contribution is -2.50. The van der Waals surface area contributed by atoms with Crippen molar-refractivity contribution in [2.45, 2.75) is 32.4 Å². The van der Waals surface area contributed by atoms with E-state index in [9.17, 15) is 9.59 Å². The van der Waals surface area contributed by atoms with E-state index < -0.39 is 6.04 Å². The smallest absolute Gasteiger partial charge is 0.243 e. The van der Waals surface area contributed by atoms with Gasteiger partial charge in [0.25, 0.3) is 0 Å². The van der Waals surface area contributed by atoms with E-state index in [4.69, 9.17) is 11.6 Å². The topological polar surface area (TPSA) is 49.4 Å². The Hall–Kier alpha value is -3.11. The maximum Gasteiger partial charge on any atom is 0.243 e. The summed E-state index contributed by atoms with van der Waals surface area (Å²) in [6.45, 7) is 2.73. The third kappa shape index (κ3) is 6.43. The maximum absolute atomic E-state index is 13.5. The summed E-state index contributed by atoms with van der Waals surface area (Å²) >= 11 is 6.30. The highest BCUT2D eigenvalue weighted by atomic mass is 35.5. The van der Waals surface area contributed by atoms with Crippen LogP contribution in [-0.2, 0) is 29.0 Å². The summed E-state index contributed by atoms with van der Waals surface area (Å²) < 4.78 is 0. The monoisotopic (exact) mass is 434 g/mol. The molecule has 160 valence electrons. The Morgan fingerprint density at radius 1 is 0.871 bits per heavy atom. The number of carbonyl (C=O) groups excluding carboxylic acids is 2. The van der Waals surface area contributed by atoms with Crippen molar-refractivity contribution in [3.05, 3.63) is 107 Å². The van der Waals surface area contributed by atoms with Crippen LogP contribution in [0, 0.1) is 0 Å². The zero-order valence-corrected chi connectivity index (χ0v) is 18.4. The van der Waals surface area contributed by atoms with Crippen LogP contribution < -0.4 is 5.32 Å². The lowest BCUT2D eigenvalue weighted by molar-refractivity contribution is -0.140. The summed E-state index contributed by atoms with van der Waals surface area (Å²) in [5.41, 5.74) is 2.72. The van der Waals surface area contributed by atoms with Crippen LogP contribution in [0.15, 0.2) is 84.9 Å². The minimum absolute atomic E-state index is 0.135. The third-order valence-electron chi connectivity index (χ3n) is 5.12. The number of rotatable bonds is 9. The maximum atomic E-state index is 13.5. The van der Waals surface area contributed by atoms with Gasteiger partial charge >= 0.3 is 0 Å².